The molecule has 0 fully saturated rings. The van der Waals surface area contributed by atoms with E-state index >= 15 is 0 Å². The van der Waals surface area contributed by atoms with Gasteiger partial charge >= 0.3 is 0 Å². The van der Waals surface area contributed by atoms with Gasteiger partial charge in [0.25, 0.3) is 5.91 Å². The van der Waals surface area contributed by atoms with Crippen LogP contribution in [0.4, 0.5) is 5.82 Å². The molecule has 0 atom stereocenters. The standard InChI is InChI=1S/C31H42N4O2/c1-7-9-14-24-16-18-25(19-17-24)30(37)34(20-10-8-2)22-29(36)32-28-21-27(31(4,5)6)33-35(28)26-15-12-11-13-23(26)3/h11-13,15-19,21H,7-10,14,20,22H2,1-6H3,(H,32,36). The molecule has 3 rings (SSSR count). The minimum absolute atomic E-state index is 0.0137. The molecule has 0 spiro atoms. The summed E-state index contributed by atoms with van der Waals surface area (Å²) in [7, 11) is 0. The Morgan fingerprint density at radius 3 is 2.27 bits per heavy atom. The van der Waals surface area contributed by atoms with Crippen molar-refractivity contribution in [3.05, 3.63) is 77.0 Å². The van der Waals surface area contributed by atoms with Crippen molar-refractivity contribution in [2.45, 2.75) is 79.1 Å². The minimum atomic E-state index is -0.237. The monoisotopic (exact) mass is 502 g/mol. The first kappa shape index (κ1) is 28.2. The zero-order valence-corrected chi connectivity index (χ0v) is 23.3. The summed E-state index contributed by atoms with van der Waals surface area (Å²) in [4.78, 5) is 28.3. The number of benzene rings is 2. The third kappa shape index (κ3) is 7.54. The summed E-state index contributed by atoms with van der Waals surface area (Å²) < 4.78 is 1.79. The molecule has 198 valence electrons. The van der Waals surface area contributed by atoms with E-state index in [-0.39, 0.29) is 23.8 Å². The number of unbranched alkanes of at least 4 members (excludes halogenated alkanes) is 2. The van der Waals surface area contributed by atoms with Crippen LogP contribution in [0, 0.1) is 6.92 Å². The van der Waals surface area contributed by atoms with Crippen molar-refractivity contribution in [3.8, 4) is 5.69 Å². The fraction of sp³-hybridized carbons (Fsp3) is 0.452. The predicted molar refractivity (Wildman–Crippen MR) is 151 cm³/mol. The van der Waals surface area contributed by atoms with E-state index < -0.39 is 0 Å². The van der Waals surface area contributed by atoms with Crippen LogP contribution in [0.2, 0.25) is 0 Å². The van der Waals surface area contributed by atoms with Crippen LogP contribution in [0.5, 0.6) is 0 Å². The number of rotatable bonds is 11. The number of nitrogens with zero attached hydrogens (tertiary/aromatic N) is 3. The molecule has 1 aromatic heterocycles. The van der Waals surface area contributed by atoms with Crippen molar-refractivity contribution in [2.75, 3.05) is 18.4 Å². The summed E-state index contributed by atoms with van der Waals surface area (Å²) >= 11 is 0. The Morgan fingerprint density at radius 2 is 1.65 bits per heavy atom. The van der Waals surface area contributed by atoms with Crippen LogP contribution in [-0.4, -0.2) is 39.6 Å². The van der Waals surface area contributed by atoms with Gasteiger partial charge in [-0.15, -0.1) is 0 Å². The third-order valence-corrected chi connectivity index (χ3v) is 6.51. The first-order valence-electron chi connectivity index (χ1n) is 13.5. The summed E-state index contributed by atoms with van der Waals surface area (Å²) in [5, 5.41) is 7.87. The molecular formula is C31H42N4O2. The van der Waals surface area contributed by atoms with Gasteiger partial charge in [0.1, 0.15) is 12.4 Å². The van der Waals surface area contributed by atoms with Crippen LogP contribution in [0.3, 0.4) is 0 Å². The normalized spacial score (nSPS) is 11.4. The quantitative estimate of drug-likeness (QED) is 0.317. The number of carbonyl (C=O) groups excluding carboxylic acids is 2. The molecule has 1 heterocycles. The van der Waals surface area contributed by atoms with Crippen LogP contribution in [0.1, 0.15) is 87.5 Å². The number of nitrogens with one attached hydrogen (secondary N) is 1. The Bertz CT molecular complexity index is 1190. The van der Waals surface area contributed by atoms with E-state index in [2.05, 4.69) is 39.9 Å². The average Bonchev–Trinajstić information content (AvgIpc) is 3.29. The van der Waals surface area contributed by atoms with E-state index in [0.29, 0.717) is 17.9 Å². The molecule has 1 N–H and O–H groups in total. The first-order chi connectivity index (χ1) is 17.6. The van der Waals surface area contributed by atoms with E-state index in [0.717, 1.165) is 49.0 Å². The lowest BCUT2D eigenvalue weighted by Gasteiger charge is -2.22. The summed E-state index contributed by atoms with van der Waals surface area (Å²) in [6, 6.07) is 17.7. The van der Waals surface area contributed by atoms with Crippen LogP contribution in [0.15, 0.2) is 54.6 Å². The van der Waals surface area contributed by atoms with Crippen LogP contribution in [0.25, 0.3) is 5.69 Å². The number of anilines is 1. The van der Waals surface area contributed by atoms with Crippen LogP contribution < -0.4 is 5.32 Å². The number of hydrogen-bond donors (Lipinski definition) is 1. The average molecular weight is 503 g/mol. The van der Waals surface area contributed by atoms with Crippen molar-refractivity contribution in [2.24, 2.45) is 0 Å². The van der Waals surface area contributed by atoms with Gasteiger partial charge in [-0.3, -0.25) is 9.59 Å². The van der Waals surface area contributed by atoms with E-state index in [4.69, 9.17) is 5.10 Å². The van der Waals surface area contributed by atoms with E-state index in [1.807, 2.05) is 61.5 Å². The van der Waals surface area contributed by atoms with Gasteiger partial charge in [0, 0.05) is 23.6 Å². The summed E-state index contributed by atoms with van der Waals surface area (Å²) in [6.45, 7) is 13.1. The summed E-state index contributed by atoms with van der Waals surface area (Å²) in [6.07, 6.45) is 5.06. The molecule has 0 aliphatic rings. The topological polar surface area (TPSA) is 67.2 Å². The number of amides is 2. The molecule has 2 amide bonds. The molecule has 0 unspecified atom stereocenters. The van der Waals surface area contributed by atoms with Crippen molar-refractivity contribution < 1.29 is 9.59 Å². The molecule has 0 aliphatic carbocycles. The highest BCUT2D eigenvalue weighted by Gasteiger charge is 2.24. The lowest BCUT2D eigenvalue weighted by molar-refractivity contribution is -0.117. The Hall–Kier alpha value is -3.41. The van der Waals surface area contributed by atoms with Crippen molar-refractivity contribution >= 4 is 17.6 Å². The zero-order valence-electron chi connectivity index (χ0n) is 23.3. The highest BCUT2D eigenvalue weighted by atomic mass is 16.2. The number of carbonyl (C=O) groups is 2. The Labute approximate surface area is 222 Å². The molecule has 0 bridgehead atoms. The van der Waals surface area contributed by atoms with Gasteiger partial charge in [-0.05, 0) is 55.5 Å². The second-order valence-electron chi connectivity index (χ2n) is 10.8. The highest BCUT2D eigenvalue weighted by Crippen LogP contribution is 2.27. The van der Waals surface area contributed by atoms with Gasteiger partial charge < -0.3 is 10.2 Å². The molecule has 0 saturated heterocycles. The maximum atomic E-state index is 13.4. The van der Waals surface area contributed by atoms with Crippen molar-refractivity contribution in [1.29, 1.82) is 0 Å². The molecule has 3 aromatic rings. The molecule has 6 nitrogen and oxygen atoms in total. The van der Waals surface area contributed by atoms with Crippen molar-refractivity contribution in [1.82, 2.24) is 14.7 Å². The van der Waals surface area contributed by atoms with E-state index in [1.165, 1.54) is 5.56 Å². The maximum Gasteiger partial charge on any atom is 0.254 e. The third-order valence-electron chi connectivity index (χ3n) is 6.51. The summed E-state index contributed by atoms with van der Waals surface area (Å²) in [5.41, 5.74) is 4.52. The fourth-order valence-corrected chi connectivity index (χ4v) is 4.16. The van der Waals surface area contributed by atoms with Crippen LogP contribution >= 0.6 is 0 Å². The smallest absolute Gasteiger partial charge is 0.254 e. The van der Waals surface area contributed by atoms with Gasteiger partial charge in [-0.2, -0.15) is 5.10 Å². The highest BCUT2D eigenvalue weighted by molar-refractivity contribution is 5.99. The second-order valence-corrected chi connectivity index (χ2v) is 10.8. The fourth-order valence-electron chi connectivity index (χ4n) is 4.16. The number of hydrogen-bond acceptors (Lipinski definition) is 3. The Morgan fingerprint density at radius 1 is 0.973 bits per heavy atom. The molecular weight excluding hydrogens is 460 g/mol. The molecule has 6 heteroatoms. The van der Waals surface area contributed by atoms with Gasteiger partial charge in [0.15, 0.2) is 0 Å². The maximum absolute atomic E-state index is 13.4. The Balaban J connectivity index is 1.82. The lowest BCUT2D eigenvalue weighted by Crippen LogP contribution is -2.39. The number of para-hydroxylation sites is 1. The van der Waals surface area contributed by atoms with Gasteiger partial charge in [-0.25, -0.2) is 4.68 Å². The van der Waals surface area contributed by atoms with Crippen molar-refractivity contribution in [3.63, 3.8) is 0 Å². The largest absolute Gasteiger partial charge is 0.329 e. The molecule has 37 heavy (non-hydrogen) atoms. The van der Waals surface area contributed by atoms with E-state index in [1.54, 1.807) is 9.58 Å². The molecule has 0 saturated carbocycles. The molecule has 2 aromatic carbocycles. The lowest BCUT2D eigenvalue weighted by atomic mass is 9.92. The summed E-state index contributed by atoms with van der Waals surface area (Å²) in [5.74, 6) is 0.250. The molecule has 0 aliphatic heterocycles. The molecule has 0 radical (unpaired) electrons. The Kier molecular flexibility index (Phi) is 9.67. The first-order valence-corrected chi connectivity index (χ1v) is 13.5. The minimum Gasteiger partial charge on any atom is -0.329 e. The van der Waals surface area contributed by atoms with Gasteiger partial charge in [0.2, 0.25) is 5.91 Å². The van der Waals surface area contributed by atoms with Gasteiger partial charge in [0.05, 0.1) is 11.4 Å². The van der Waals surface area contributed by atoms with Crippen LogP contribution in [-0.2, 0) is 16.6 Å². The van der Waals surface area contributed by atoms with Gasteiger partial charge in [-0.1, -0.05) is 77.8 Å². The zero-order chi connectivity index (χ0) is 27.0. The number of aromatic nitrogens is 2. The second kappa shape index (κ2) is 12.7. The SMILES string of the molecule is CCCCc1ccc(C(=O)N(CCCC)CC(=O)Nc2cc(C(C)(C)C)nn2-c2ccccc2C)cc1. The predicted octanol–water partition coefficient (Wildman–Crippen LogP) is 6.70. The van der Waals surface area contributed by atoms with E-state index in [9.17, 15) is 9.59 Å². The number of aryl methyl sites for hydroxylation is 2.